The molecule has 8 nitrogen and oxygen atoms in total. The molecule has 4 heterocycles. The normalized spacial score (nSPS) is 25.4. The molecule has 0 aromatic carbocycles. The van der Waals surface area contributed by atoms with E-state index in [1.165, 1.54) is 0 Å². The largest absolute Gasteiger partial charge is 0.376 e. The Kier molecular flexibility index (Phi) is 5.68. The molecule has 0 saturated carbocycles. The van der Waals surface area contributed by atoms with Crippen molar-refractivity contribution >= 4 is 17.6 Å². The first-order chi connectivity index (χ1) is 13.5. The lowest BCUT2D eigenvalue weighted by Crippen LogP contribution is -2.53. The summed E-state index contributed by atoms with van der Waals surface area (Å²) in [5.74, 6) is 0.850. The molecular weight excluding hydrogens is 358 g/mol. The first-order valence-corrected chi connectivity index (χ1v) is 10.4. The Morgan fingerprint density at radius 1 is 1.36 bits per heavy atom. The van der Waals surface area contributed by atoms with Gasteiger partial charge in [-0.15, -0.1) is 0 Å². The molecule has 0 radical (unpaired) electrons. The Morgan fingerprint density at radius 2 is 2.18 bits per heavy atom. The second kappa shape index (κ2) is 8.21. The van der Waals surface area contributed by atoms with Gasteiger partial charge in [0.25, 0.3) is 0 Å². The van der Waals surface area contributed by atoms with E-state index in [2.05, 4.69) is 15.3 Å². The van der Waals surface area contributed by atoms with Gasteiger partial charge in [0.1, 0.15) is 0 Å². The lowest BCUT2D eigenvalue weighted by molar-refractivity contribution is -0.141. The molecule has 4 rings (SSSR count). The number of anilines is 1. The van der Waals surface area contributed by atoms with Crippen LogP contribution in [0.25, 0.3) is 0 Å². The van der Waals surface area contributed by atoms with Gasteiger partial charge in [0.15, 0.2) is 5.82 Å². The Labute approximate surface area is 166 Å². The maximum atomic E-state index is 12.4. The molecule has 1 aromatic rings. The lowest BCUT2D eigenvalue weighted by Gasteiger charge is -2.47. The van der Waals surface area contributed by atoms with E-state index in [9.17, 15) is 9.59 Å². The number of likely N-dealkylation sites (tertiary alicyclic amines) is 2. The van der Waals surface area contributed by atoms with Gasteiger partial charge in [-0.1, -0.05) is 0 Å². The van der Waals surface area contributed by atoms with Crippen LogP contribution in [-0.4, -0.2) is 76.8 Å². The predicted molar refractivity (Wildman–Crippen MR) is 105 cm³/mol. The molecular formula is C20H31N5O3. The molecule has 1 aromatic heterocycles. The van der Waals surface area contributed by atoms with Gasteiger partial charge in [-0.05, 0) is 50.6 Å². The van der Waals surface area contributed by atoms with Gasteiger partial charge < -0.3 is 15.0 Å². The van der Waals surface area contributed by atoms with Crippen LogP contribution in [0.2, 0.25) is 0 Å². The first kappa shape index (κ1) is 19.4. The number of hydrogen-bond donors (Lipinski definition) is 1. The fraction of sp³-hybridized carbons (Fsp3) is 0.750. The molecule has 1 spiro atoms. The number of nitrogens with one attached hydrogen (secondary N) is 1. The monoisotopic (exact) mass is 389 g/mol. The van der Waals surface area contributed by atoms with Crippen molar-refractivity contribution in [2.45, 2.75) is 44.6 Å². The molecule has 1 atom stereocenters. The highest BCUT2D eigenvalue weighted by Gasteiger charge is 2.41. The molecule has 0 aliphatic carbocycles. The van der Waals surface area contributed by atoms with Crippen LogP contribution in [0, 0.1) is 5.41 Å². The second-order valence-corrected chi connectivity index (χ2v) is 8.61. The van der Waals surface area contributed by atoms with Crippen LogP contribution < -0.4 is 5.32 Å². The van der Waals surface area contributed by atoms with E-state index in [4.69, 9.17) is 4.74 Å². The fourth-order valence-electron chi connectivity index (χ4n) is 4.76. The molecule has 0 bridgehead atoms. The minimum Gasteiger partial charge on any atom is -0.376 e. The van der Waals surface area contributed by atoms with Crippen molar-refractivity contribution in [3.05, 3.63) is 12.3 Å². The molecule has 3 aliphatic heterocycles. The van der Waals surface area contributed by atoms with Crippen LogP contribution in [0.5, 0.6) is 0 Å². The Morgan fingerprint density at radius 3 is 2.86 bits per heavy atom. The van der Waals surface area contributed by atoms with Gasteiger partial charge in [-0.25, -0.2) is 0 Å². The zero-order chi connectivity index (χ0) is 19.6. The minimum atomic E-state index is -0.0199. The van der Waals surface area contributed by atoms with Crippen molar-refractivity contribution in [3.63, 3.8) is 0 Å². The van der Waals surface area contributed by atoms with Crippen LogP contribution >= 0.6 is 0 Å². The minimum absolute atomic E-state index is 0.0199. The number of carbonyl (C=O) groups is 2. The van der Waals surface area contributed by atoms with Gasteiger partial charge in [0, 0.05) is 45.4 Å². The number of ether oxygens (including phenoxy) is 1. The molecule has 28 heavy (non-hydrogen) atoms. The van der Waals surface area contributed by atoms with Gasteiger partial charge >= 0.3 is 0 Å². The molecule has 2 amide bonds. The van der Waals surface area contributed by atoms with Crippen molar-refractivity contribution in [1.29, 1.82) is 0 Å². The Hall–Kier alpha value is -1.93. The van der Waals surface area contributed by atoms with E-state index in [1.54, 1.807) is 10.7 Å². The summed E-state index contributed by atoms with van der Waals surface area (Å²) in [5.41, 5.74) is 0.209. The first-order valence-electron chi connectivity index (χ1n) is 10.4. The number of nitrogens with zero attached hydrogens (tertiary/aromatic N) is 4. The lowest BCUT2D eigenvalue weighted by atomic mass is 9.72. The van der Waals surface area contributed by atoms with Crippen LogP contribution in [0.15, 0.2) is 12.3 Å². The highest BCUT2D eigenvalue weighted by molar-refractivity contribution is 5.91. The standard InChI is InChI=1S/C20H31N5O3/c1-23-9-5-17(22-23)21-18(26)14-24-10-7-20(8-11-24)6-4-19(27)25(15-20)13-16-3-2-12-28-16/h5,9,16H,2-4,6-8,10-15H2,1H3,(H,21,22,26). The zero-order valence-corrected chi connectivity index (χ0v) is 16.7. The van der Waals surface area contributed by atoms with Crippen molar-refractivity contribution in [2.24, 2.45) is 12.5 Å². The summed E-state index contributed by atoms with van der Waals surface area (Å²) in [5, 5.41) is 7.04. The van der Waals surface area contributed by atoms with Crippen LogP contribution in [0.4, 0.5) is 5.82 Å². The summed E-state index contributed by atoms with van der Waals surface area (Å²) in [6.07, 6.45) is 7.90. The number of aryl methyl sites for hydroxylation is 1. The van der Waals surface area contributed by atoms with Crippen LogP contribution in [0.1, 0.15) is 38.5 Å². The van der Waals surface area contributed by atoms with Crippen LogP contribution in [-0.2, 0) is 21.4 Å². The average molecular weight is 390 g/mol. The summed E-state index contributed by atoms with van der Waals surface area (Å²) < 4.78 is 7.41. The molecule has 3 aliphatic rings. The smallest absolute Gasteiger partial charge is 0.239 e. The number of amides is 2. The second-order valence-electron chi connectivity index (χ2n) is 8.61. The van der Waals surface area contributed by atoms with E-state index in [1.807, 2.05) is 18.1 Å². The molecule has 3 fully saturated rings. The summed E-state index contributed by atoms with van der Waals surface area (Å²) in [6, 6.07) is 1.80. The topological polar surface area (TPSA) is 79.7 Å². The summed E-state index contributed by atoms with van der Waals surface area (Å²) in [7, 11) is 1.83. The van der Waals surface area contributed by atoms with Gasteiger partial charge in [0.2, 0.25) is 11.8 Å². The summed E-state index contributed by atoms with van der Waals surface area (Å²) in [4.78, 5) is 28.9. The summed E-state index contributed by atoms with van der Waals surface area (Å²) in [6.45, 7) is 4.62. The number of rotatable bonds is 5. The number of aromatic nitrogens is 2. The third-order valence-electron chi connectivity index (χ3n) is 6.46. The van der Waals surface area contributed by atoms with E-state index in [0.29, 0.717) is 18.8 Å². The third-order valence-corrected chi connectivity index (χ3v) is 6.46. The summed E-state index contributed by atoms with van der Waals surface area (Å²) >= 11 is 0. The van der Waals surface area contributed by atoms with E-state index >= 15 is 0 Å². The van der Waals surface area contributed by atoms with Crippen LogP contribution in [0.3, 0.4) is 0 Å². The number of piperidine rings is 2. The van der Waals surface area contributed by atoms with Gasteiger partial charge in [-0.3, -0.25) is 19.2 Å². The fourth-order valence-corrected chi connectivity index (χ4v) is 4.76. The highest BCUT2D eigenvalue weighted by atomic mass is 16.5. The van der Waals surface area contributed by atoms with Crippen molar-refractivity contribution in [3.8, 4) is 0 Å². The van der Waals surface area contributed by atoms with Gasteiger partial charge in [-0.2, -0.15) is 5.10 Å². The highest BCUT2D eigenvalue weighted by Crippen LogP contribution is 2.40. The number of carbonyl (C=O) groups excluding carboxylic acids is 2. The molecule has 1 unspecified atom stereocenters. The molecule has 1 N–H and O–H groups in total. The average Bonchev–Trinajstić information content (AvgIpc) is 3.32. The number of hydrogen-bond acceptors (Lipinski definition) is 5. The molecule has 154 valence electrons. The Bertz CT molecular complexity index is 704. The maximum Gasteiger partial charge on any atom is 0.239 e. The maximum absolute atomic E-state index is 12.4. The quantitative estimate of drug-likeness (QED) is 0.820. The van der Waals surface area contributed by atoms with Crippen molar-refractivity contribution in [2.75, 3.05) is 44.6 Å². The van der Waals surface area contributed by atoms with Gasteiger partial charge in [0.05, 0.1) is 12.6 Å². The SMILES string of the molecule is Cn1ccc(NC(=O)CN2CCC3(CCC(=O)N(CC4CCCO4)C3)CC2)n1. The Balaban J connectivity index is 1.26. The predicted octanol–water partition coefficient (Wildman–Crippen LogP) is 1.24. The van der Waals surface area contributed by atoms with E-state index in [0.717, 1.165) is 64.9 Å². The third kappa shape index (κ3) is 4.55. The zero-order valence-electron chi connectivity index (χ0n) is 16.7. The van der Waals surface area contributed by atoms with Crippen molar-refractivity contribution < 1.29 is 14.3 Å². The van der Waals surface area contributed by atoms with E-state index < -0.39 is 0 Å². The van der Waals surface area contributed by atoms with Crippen molar-refractivity contribution in [1.82, 2.24) is 19.6 Å². The molecule has 8 heteroatoms. The molecule has 3 saturated heterocycles. The van der Waals surface area contributed by atoms with E-state index in [-0.39, 0.29) is 23.3 Å².